The van der Waals surface area contributed by atoms with Crippen LogP contribution in [0.4, 0.5) is 0 Å². The van der Waals surface area contributed by atoms with E-state index in [2.05, 4.69) is 48.2 Å². The monoisotopic (exact) mass is 476 g/mol. The minimum absolute atomic E-state index is 0.0804. The summed E-state index contributed by atoms with van der Waals surface area (Å²) in [5.74, 6) is 0.814. The second-order valence-corrected chi connectivity index (χ2v) is 10.4. The standard InChI is InChI=1S/C28H36N4OS/c1-6-7-11-20(3)26-27(29)21(4)24(23-12-9-8-10-13-23)15-25(32-28(26)30-5)34(33)18-22-14-19(2)16-31-17-22/h8-10,12-17,21,24,29H,6-7,11,18H2,1-5H3,(H,30,32)/b25-15-,26-20-,29-27?. The summed E-state index contributed by atoms with van der Waals surface area (Å²) in [4.78, 5) is 8.78. The number of amidine groups is 1. The maximum Gasteiger partial charge on any atom is 0.134 e. The molecule has 6 heteroatoms. The Bertz CT molecular complexity index is 1130. The second kappa shape index (κ2) is 12.0. The molecule has 0 bridgehead atoms. The van der Waals surface area contributed by atoms with E-state index in [0.717, 1.165) is 47.1 Å². The molecule has 1 aliphatic rings. The normalized spacial score (nSPS) is 24.0. The van der Waals surface area contributed by atoms with Crippen molar-refractivity contribution in [2.75, 3.05) is 7.05 Å². The molecule has 2 aromatic rings. The van der Waals surface area contributed by atoms with Gasteiger partial charge < -0.3 is 10.7 Å². The van der Waals surface area contributed by atoms with Crippen molar-refractivity contribution in [3.63, 3.8) is 0 Å². The lowest BCUT2D eigenvalue weighted by Gasteiger charge is -2.30. The summed E-state index contributed by atoms with van der Waals surface area (Å²) >= 11 is 0. The fourth-order valence-corrected chi connectivity index (χ4v) is 5.47. The number of unbranched alkanes of at least 4 members (excludes halogenated alkanes) is 1. The Morgan fingerprint density at radius 1 is 1.24 bits per heavy atom. The van der Waals surface area contributed by atoms with Crippen LogP contribution >= 0.6 is 0 Å². The minimum Gasteiger partial charge on any atom is -0.333 e. The molecule has 0 fully saturated rings. The first-order valence-electron chi connectivity index (χ1n) is 11.9. The Labute approximate surface area is 206 Å². The van der Waals surface area contributed by atoms with Crippen molar-refractivity contribution < 1.29 is 4.21 Å². The SMILES string of the molecule is CCCC/C(C)=C1/C(=N)C(C)C(c2ccccc2)/C=C(\S(=O)Cc2cncc(C)c2)NC1=NC. The first-order valence-corrected chi connectivity index (χ1v) is 13.3. The second-order valence-electron chi connectivity index (χ2n) is 8.99. The highest BCUT2D eigenvalue weighted by atomic mass is 32.2. The molecule has 0 saturated carbocycles. The number of aliphatic imine (C=N–C) groups is 1. The lowest BCUT2D eigenvalue weighted by Crippen LogP contribution is -2.37. The van der Waals surface area contributed by atoms with Gasteiger partial charge in [0, 0.05) is 42.6 Å². The van der Waals surface area contributed by atoms with Gasteiger partial charge >= 0.3 is 0 Å². The molecule has 1 aliphatic heterocycles. The topological polar surface area (TPSA) is 78.2 Å². The molecule has 34 heavy (non-hydrogen) atoms. The van der Waals surface area contributed by atoms with E-state index >= 15 is 0 Å². The van der Waals surface area contributed by atoms with Gasteiger partial charge in [-0.15, -0.1) is 0 Å². The molecule has 1 aromatic carbocycles. The van der Waals surface area contributed by atoms with E-state index in [0.29, 0.717) is 22.3 Å². The number of aryl methyl sites for hydroxylation is 1. The molecule has 1 aromatic heterocycles. The van der Waals surface area contributed by atoms with Crippen LogP contribution in [0.25, 0.3) is 0 Å². The first-order chi connectivity index (χ1) is 16.3. The summed E-state index contributed by atoms with van der Waals surface area (Å²) in [5.41, 5.74) is 5.66. The highest BCUT2D eigenvalue weighted by Gasteiger charge is 2.31. The molecule has 5 nitrogen and oxygen atoms in total. The van der Waals surface area contributed by atoms with Gasteiger partial charge in [0.2, 0.25) is 0 Å². The average molecular weight is 477 g/mol. The van der Waals surface area contributed by atoms with Crippen molar-refractivity contribution in [2.24, 2.45) is 10.9 Å². The molecule has 2 heterocycles. The predicted molar refractivity (Wildman–Crippen MR) is 144 cm³/mol. The lowest BCUT2D eigenvalue weighted by molar-refractivity contribution is 0.663. The Kier molecular flexibility index (Phi) is 9.11. The van der Waals surface area contributed by atoms with Crippen LogP contribution < -0.4 is 5.32 Å². The van der Waals surface area contributed by atoms with Crippen LogP contribution in [0.15, 0.2) is 76.0 Å². The van der Waals surface area contributed by atoms with Crippen LogP contribution in [0, 0.1) is 18.3 Å². The van der Waals surface area contributed by atoms with E-state index in [1.165, 1.54) is 0 Å². The van der Waals surface area contributed by atoms with Gasteiger partial charge in [-0.25, -0.2) is 0 Å². The van der Waals surface area contributed by atoms with Crippen molar-refractivity contribution in [1.29, 1.82) is 5.41 Å². The number of nitrogens with one attached hydrogen (secondary N) is 2. The first kappa shape index (κ1) is 25.8. The Balaban J connectivity index is 2.11. The molecular weight excluding hydrogens is 440 g/mol. The number of allylic oxidation sites excluding steroid dienone is 2. The molecule has 0 spiro atoms. The van der Waals surface area contributed by atoms with E-state index in [1.807, 2.05) is 37.3 Å². The number of hydrogen-bond acceptors (Lipinski definition) is 4. The molecule has 3 unspecified atom stereocenters. The molecule has 2 N–H and O–H groups in total. The third-order valence-corrected chi connectivity index (χ3v) is 7.61. The Morgan fingerprint density at radius 3 is 2.62 bits per heavy atom. The largest absolute Gasteiger partial charge is 0.333 e. The fourth-order valence-electron chi connectivity index (χ4n) is 4.35. The number of rotatable bonds is 7. The van der Waals surface area contributed by atoms with Crippen LogP contribution in [0.1, 0.15) is 62.6 Å². The van der Waals surface area contributed by atoms with Crippen molar-refractivity contribution in [1.82, 2.24) is 10.3 Å². The molecule has 0 saturated heterocycles. The van der Waals surface area contributed by atoms with Crippen LogP contribution in [0.2, 0.25) is 0 Å². The smallest absolute Gasteiger partial charge is 0.134 e. The summed E-state index contributed by atoms with van der Waals surface area (Å²) in [6.45, 7) is 8.35. The van der Waals surface area contributed by atoms with Gasteiger partial charge in [-0.2, -0.15) is 0 Å². The van der Waals surface area contributed by atoms with Crippen molar-refractivity contribution in [3.05, 3.63) is 87.7 Å². The molecular formula is C28H36N4OS. The molecule has 0 amide bonds. The highest BCUT2D eigenvalue weighted by Crippen LogP contribution is 2.33. The molecule has 3 rings (SSSR count). The van der Waals surface area contributed by atoms with E-state index in [4.69, 9.17) is 5.41 Å². The zero-order chi connectivity index (χ0) is 24.7. The minimum atomic E-state index is -1.32. The molecule has 0 radical (unpaired) electrons. The van der Waals surface area contributed by atoms with Crippen molar-refractivity contribution in [2.45, 2.75) is 58.6 Å². The van der Waals surface area contributed by atoms with Crippen LogP contribution in [0.5, 0.6) is 0 Å². The third-order valence-electron chi connectivity index (χ3n) is 6.29. The van der Waals surface area contributed by atoms with Gasteiger partial charge in [-0.05, 0) is 49.5 Å². The van der Waals surface area contributed by atoms with Gasteiger partial charge in [0.15, 0.2) is 0 Å². The van der Waals surface area contributed by atoms with Gasteiger partial charge in [0.1, 0.15) is 10.9 Å². The molecule has 180 valence electrons. The highest BCUT2D eigenvalue weighted by molar-refractivity contribution is 7.88. The number of aromatic nitrogens is 1. The number of benzene rings is 1. The third kappa shape index (κ3) is 6.17. The van der Waals surface area contributed by atoms with Crippen molar-refractivity contribution in [3.8, 4) is 0 Å². The van der Waals surface area contributed by atoms with Gasteiger partial charge in [0.25, 0.3) is 0 Å². The number of hydrogen-bond donors (Lipinski definition) is 2. The van der Waals surface area contributed by atoms with Gasteiger partial charge in [-0.3, -0.25) is 14.2 Å². The van der Waals surface area contributed by atoms with Crippen molar-refractivity contribution >= 4 is 22.3 Å². The van der Waals surface area contributed by atoms with E-state index in [1.54, 1.807) is 19.4 Å². The fraction of sp³-hybridized carbons (Fsp3) is 0.393. The lowest BCUT2D eigenvalue weighted by atomic mass is 9.79. The van der Waals surface area contributed by atoms with Crippen LogP contribution in [-0.2, 0) is 16.6 Å². The zero-order valence-corrected chi connectivity index (χ0v) is 21.7. The van der Waals surface area contributed by atoms with Crippen LogP contribution in [-0.4, -0.2) is 27.8 Å². The number of nitrogens with zero attached hydrogens (tertiary/aromatic N) is 2. The maximum absolute atomic E-state index is 13.6. The van der Waals surface area contributed by atoms with E-state index < -0.39 is 10.8 Å². The van der Waals surface area contributed by atoms with E-state index in [-0.39, 0.29) is 11.8 Å². The predicted octanol–water partition coefficient (Wildman–Crippen LogP) is 6.06. The Hall–Kier alpha value is -2.86. The van der Waals surface area contributed by atoms with Crippen LogP contribution in [0.3, 0.4) is 0 Å². The average Bonchev–Trinajstić information content (AvgIpc) is 2.83. The maximum atomic E-state index is 13.6. The summed E-state index contributed by atoms with van der Waals surface area (Å²) in [7, 11) is 0.406. The zero-order valence-electron chi connectivity index (χ0n) is 20.9. The summed E-state index contributed by atoms with van der Waals surface area (Å²) in [5, 5.41) is 13.2. The summed E-state index contributed by atoms with van der Waals surface area (Å²) < 4.78 is 13.6. The number of pyridine rings is 1. The van der Waals surface area contributed by atoms with E-state index in [9.17, 15) is 4.21 Å². The van der Waals surface area contributed by atoms with Gasteiger partial charge in [-0.1, -0.05) is 62.2 Å². The summed E-state index contributed by atoms with van der Waals surface area (Å²) in [6, 6.07) is 12.2. The quantitative estimate of drug-likeness (QED) is 0.510. The summed E-state index contributed by atoms with van der Waals surface area (Å²) in [6.07, 6.45) is 8.68. The molecule has 3 atom stereocenters. The van der Waals surface area contributed by atoms with Gasteiger partial charge in [0.05, 0.1) is 16.6 Å². The molecule has 0 aliphatic carbocycles. The Morgan fingerprint density at radius 2 is 1.97 bits per heavy atom.